The highest BCUT2D eigenvalue weighted by Crippen LogP contribution is 2.47. The van der Waals surface area contributed by atoms with Crippen LogP contribution < -0.4 is 4.90 Å². The molecule has 2 atom stereocenters. The van der Waals surface area contributed by atoms with Gasteiger partial charge < -0.3 is 14.5 Å². The largest absolute Gasteiger partial charge is 0.444 e. The summed E-state index contributed by atoms with van der Waals surface area (Å²) in [6, 6.07) is 4.14. The second-order valence-corrected chi connectivity index (χ2v) is 7.55. The molecule has 2 aliphatic heterocycles. The van der Waals surface area contributed by atoms with Crippen LogP contribution in [0, 0.1) is 0 Å². The number of ether oxygens (including phenoxy) is 1. The third kappa shape index (κ3) is 2.32. The Bertz CT molecular complexity index is 596. The normalized spacial score (nSPS) is 27.4. The van der Waals surface area contributed by atoms with Gasteiger partial charge in [0.25, 0.3) is 0 Å². The first kappa shape index (κ1) is 15.1. The Hall–Kier alpha value is -1.78. The van der Waals surface area contributed by atoms with Crippen molar-refractivity contribution in [3.05, 3.63) is 23.9 Å². The van der Waals surface area contributed by atoms with Crippen LogP contribution in [0.15, 0.2) is 18.3 Å². The summed E-state index contributed by atoms with van der Waals surface area (Å²) in [5, 5.41) is 0. The molecule has 1 aromatic heterocycles. The second-order valence-electron chi connectivity index (χ2n) is 7.55. The maximum atomic E-state index is 12.4. The van der Waals surface area contributed by atoms with Gasteiger partial charge in [0.1, 0.15) is 11.4 Å². The molecule has 3 rings (SSSR count). The highest BCUT2D eigenvalue weighted by atomic mass is 16.6. The van der Waals surface area contributed by atoms with Crippen LogP contribution in [0.25, 0.3) is 0 Å². The fourth-order valence-electron chi connectivity index (χ4n) is 3.54. The van der Waals surface area contributed by atoms with E-state index in [2.05, 4.69) is 29.8 Å². The zero-order chi connectivity index (χ0) is 16.1. The highest BCUT2D eigenvalue weighted by Gasteiger charge is 2.50. The molecule has 0 aromatic carbocycles. The Kier molecular flexibility index (Phi) is 3.34. The molecular weight excluding hydrogens is 278 g/mol. The van der Waals surface area contributed by atoms with Crippen LogP contribution in [0.1, 0.15) is 46.1 Å². The van der Waals surface area contributed by atoms with Crippen molar-refractivity contribution < 1.29 is 9.53 Å². The Morgan fingerprint density at radius 3 is 2.82 bits per heavy atom. The Balaban J connectivity index is 1.83. The second kappa shape index (κ2) is 4.86. The van der Waals surface area contributed by atoms with E-state index in [-0.39, 0.29) is 11.6 Å². The molecule has 0 bridgehead atoms. The molecule has 0 saturated carbocycles. The van der Waals surface area contributed by atoms with Gasteiger partial charge in [-0.05, 0) is 39.3 Å². The van der Waals surface area contributed by atoms with E-state index in [1.165, 1.54) is 5.56 Å². The van der Waals surface area contributed by atoms with Gasteiger partial charge in [-0.15, -0.1) is 0 Å². The number of pyridine rings is 1. The van der Waals surface area contributed by atoms with E-state index >= 15 is 0 Å². The standard InChI is InChI=1S/C17H25N3O2/c1-12-13-7-6-8-18-14(13)20-10-9-19(11-17(12,20)5)15(21)22-16(2,3)4/h6-8,12H,9-11H2,1-5H3. The van der Waals surface area contributed by atoms with E-state index in [9.17, 15) is 4.79 Å². The lowest BCUT2D eigenvalue weighted by Crippen LogP contribution is -2.62. The van der Waals surface area contributed by atoms with Gasteiger partial charge in [-0.2, -0.15) is 0 Å². The van der Waals surface area contributed by atoms with Gasteiger partial charge in [-0.25, -0.2) is 9.78 Å². The van der Waals surface area contributed by atoms with E-state index in [1.807, 2.05) is 37.9 Å². The number of hydrogen-bond donors (Lipinski definition) is 0. The maximum Gasteiger partial charge on any atom is 0.410 e. The van der Waals surface area contributed by atoms with Crippen LogP contribution >= 0.6 is 0 Å². The zero-order valence-corrected chi connectivity index (χ0v) is 14.1. The minimum Gasteiger partial charge on any atom is -0.444 e. The van der Waals surface area contributed by atoms with Crippen LogP contribution in [0.3, 0.4) is 0 Å². The summed E-state index contributed by atoms with van der Waals surface area (Å²) in [5.41, 5.74) is 0.697. The number of hydrogen-bond acceptors (Lipinski definition) is 4. The van der Waals surface area contributed by atoms with Gasteiger partial charge in [0.05, 0.1) is 5.54 Å². The topological polar surface area (TPSA) is 45.7 Å². The monoisotopic (exact) mass is 303 g/mol. The van der Waals surface area contributed by atoms with Gasteiger partial charge in [0, 0.05) is 31.7 Å². The molecule has 0 radical (unpaired) electrons. The number of amides is 1. The van der Waals surface area contributed by atoms with E-state index in [4.69, 9.17) is 4.74 Å². The van der Waals surface area contributed by atoms with Gasteiger partial charge in [-0.3, -0.25) is 0 Å². The van der Waals surface area contributed by atoms with Crippen molar-refractivity contribution in [2.45, 2.75) is 51.7 Å². The molecule has 0 aliphatic carbocycles. The summed E-state index contributed by atoms with van der Waals surface area (Å²) >= 11 is 0. The lowest BCUT2D eigenvalue weighted by atomic mass is 9.84. The molecule has 1 aromatic rings. The summed E-state index contributed by atoms with van der Waals surface area (Å²) in [6.07, 6.45) is 1.63. The smallest absolute Gasteiger partial charge is 0.410 e. The van der Waals surface area contributed by atoms with Crippen LogP contribution in [0.4, 0.5) is 10.6 Å². The minimum absolute atomic E-state index is 0.119. The SMILES string of the molecule is CC1c2cccnc2N2CCN(C(=O)OC(C)(C)C)CC12C. The van der Waals surface area contributed by atoms with E-state index in [0.717, 1.165) is 12.4 Å². The first-order valence-electron chi connectivity index (χ1n) is 7.93. The first-order valence-corrected chi connectivity index (χ1v) is 7.93. The number of nitrogens with zero attached hydrogens (tertiary/aromatic N) is 3. The number of aromatic nitrogens is 1. The Morgan fingerprint density at radius 1 is 1.41 bits per heavy atom. The van der Waals surface area contributed by atoms with E-state index in [0.29, 0.717) is 19.0 Å². The minimum atomic E-state index is -0.457. The predicted molar refractivity (Wildman–Crippen MR) is 86.2 cm³/mol. The van der Waals surface area contributed by atoms with Crippen molar-refractivity contribution >= 4 is 11.9 Å². The first-order chi connectivity index (χ1) is 10.2. The van der Waals surface area contributed by atoms with Crippen molar-refractivity contribution in [1.29, 1.82) is 0 Å². The van der Waals surface area contributed by atoms with Gasteiger partial charge in [0.15, 0.2) is 0 Å². The van der Waals surface area contributed by atoms with Crippen LogP contribution in [-0.2, 0) is 4.74 Å². The molecule has 0 spiro atoms. The summed E-state index contributed by atoms with van der Waals surface area (Å²) in [7, 11) is 0. The molecule has 2 unspecified atom stereocenters. The van der Waals surface area contributed by atoms with Gasteiger partial charge in [-0.1, -0.05) is 13.0 Å². The molecular formula is C17H25N3O2. The summed E-state index contributed by atoms with van der Waals surface area (Å²) in [4.78, 5) is 21.1. The van der Waals surface area contributed by atoms with Gasteiger partial charge in [0.2, 0.25) is 0 Å². The molecule has 1 saturated heterocycles. The van der Waals surface area contributed by atoms with E-state index in [1.54, 1.807) is 0 Å². The number of rotatable bonds is 0. The van der Waals surface area contributed by atoms with E-state index < -0.39 is 5.60 Å². The lowest BCUT2D eigenvalue weighted by Gasteiger charge is -2.47. The van der Waals surface area contributed by atoms with Crippen molar-refractivity contribution in [2.24, 2.45) is 0 Å². The van der Waals surface area contributed by atoms with Crippen LogP contribution in [0.5, 0.6) is 0 Å². The molecule has 22 heavy (non-hydrogen) atoms. The molecule has 3 heterocycles. The molecule has 5 heteroatoms. The van der Waals surface area contributed by atoms with Crippen LogP contribution in [-0.4, -0.2) is 46.8 Å². The predicted octanol–water partition coefficient (Wildman–Crippen LogP) is 3.01. The highest BCUT2D eigenvalue weighted by molar-refractivity contribution is 5.70. The van der Waals surface area contributed by atoms with Gasteiger partial charge >= 0.3 is 6.09 Å². The zero-order valence-electron chi connectivity index (χ0n) is 14.1. The number of piperazine rings is 1. The molecule has 120 valence electrons. The maximum absolute atomic E-state index is 12.4. The van der Waals surface area contributed by atoms with Crippen LogP contribution in [0.2, 0.25) is 0 Å². The number of anilines is 1. The van der Waals surface area contributed by atoms with Crippen molar-refractivity contribution in [1.82, 2.24) is 9.88 Å². The number of carbonyl (C=O) groups excluding carboxylic acids is 1. The molecule has 2 aliphatic rings. The third-order valence-electron chi connectivity index (χ3n) is 4.84. The Morgan fingerprint density at radius 2 is 2.14 bits per heavy atom. The quantitative estimate of drug-likeness (QED) is 0.739. The Labute approximate surface area is 132 Å². The molecule has 5 nitrogen and oxygen atoms in total. The fourth-order valence-corrected chi connectivity index (χ4v) is 3.54. The van der Waals surface area contributed by atoms with Crippen molar-refractivity contribution in [3.8, 4) is 0 Å². The lowest BCUT2D eigenvalue weighted by molar-refractivity contribution is 0.0165. The summed E-state index contributed by atoms with van der Waals surface area (Å²) < 4.78 is 5.54. The molecule has 1 amide bonds. The molecule has 1 fully saturated rings. The summed E-state index contributed by atoms with van der Waals surface area (Å²) in [5.74, 6) is 1.41. The average molecular weight is 303 g/mol. The average Bonchev–Trinajstić information content (AvgIpc) is 2.66. The number of fused-ring (bicyclic) bond motifs is 3. The third-order valence-corrected chi connectivity index (χ3v) is 4.84. The van der Waals surface area contributed by atoms with Crippen molar-refractivity contribution in [2.75, 3.05) is 24.5 Å². The fraction of sp³-hybridized carbons (Fsp3) is 0.647. The summed E-state index contributed by atoms with van der Waals surface area (Å²) in [6.45, 7) is 12.3. The van der Waals surface area contributed by atoms with Crippen molar-refractivity contribution in [3.63, 3.8) is 0 Å². The number of carbonyl (C=O) groups is 1. The molecule has 0 N–H and O–H groups in total.